The summed E-state index contributed by atoms with van der Waals surface area (Å²) >= 11 is 6.01. The first-order valence-electron chi connectivity index (χ1n) is 6.40. The fourth-order valence-electron chi connectivity index (χ4n) is 2.30. The summed E-state index contributed by atoms with van der Waals surface area (Å²) in [5.41, 5.74) is 2.93. The lowest BCUT2D eigenvalue weighted by molar-refractivity contribution is 0.982. The molecule has 0 unspecified atom stereocenters. The highest BCUT2D eigenvalue weighted by Gasteiger charge is 2.17. The molecule has 0 fully saturated rings. The minimum absolute atomic E-state index is 0.212. The average Bonchev–Trinajstić information content (AvgIpc) is 2.89. The maximum absolute atomic E-state index is 6.01. The lowest BCUT2D eigenvalue weighted by atomic mass is 10.1. The fraction of sp³-hybridized carbons (Fsp3) is 0.214. The van der Waals surface area contributed by atoms with Crippen molar-refractivity contribution in [3.8, 4) is 0 Å². The van der Waals surface area contributed by atoms with Crippen LogP contribution in [0.2, 0.25) is 5.28 Å². The maximum Gasteiger partial charge on any atom is 0.226 e. The number of hydrogen-bond acceptors (Lipinski definition) is 4. The number of aromatic nitrogens is 4. The van der Waals surface area contributed by atoms with Crippen molar-refractivity contribution in [3.63, 3.8) is 0 Å². The third kappa shape index (κ3) is 2.10. The molecule has 3 aromatic rings. The third-order valence-corrected chi connectivity index (χ3v) is 3.41. The summed E-state index contributed by atoms with van der Waals surface area (Å²) in [4.78, 5) is 10.6. The predicted octanol–water partition coefficient (Wildman–Crippen LogP) is 3.47. The number of benzene rings is 1. The summed E-state index contributed by atoms with van der Waals surface area (Å²) in [7, 11) is 0. The van der Waals surface area contributed by atoms with Crippen molar-refractivity contribution >= 4 is 34.1 Å². The van der Waals surface area contributed by atoms with Crippen molar-refractivity contribution in [2.45, 2.75) is 13.8 Å². The van der Waals surface area contributed by atoms with E-state index in [1.165, 1.54) is 5.56 Å². The Morgan fingerprint density at radius 3 is 2.80 bits per heavy atom. The van der Waals surface area contributed by atoms with Gasteiger partial charge in [0.1, 0.15) is 5.82 Å². The highest BCUT2D eigenvalue weighted by atomic mass is 35.5. The SMILES string of the molecule is CCN(c1ccccc1C)c1nc(Cl)nc2[nH]ncc12. The number of para-hydroxylation sites is 1. The van der Waals surface area contributed by atoms with Crippen LogP contribution < -0.4 is 4.90 Å². The summed E-state index contributed by atoms with van der Waals surface area (Å²) in [6.45, 7) is 4.93. The normalized spacial score (nSPS) is 10.9. The van der Waals surface area contributed by atoms with Gasteiger partial charge >= 0.3 is 0 Å². The largest absolute Gasteiger partial charge is 0.326 e. The first kappa shape index (κ1) is 12.9. The summed E-state index contributed by atoms with van der Waals surface area (Å²) in [6, 6.07) is 8.18. The Labute approximate surface area is 121 Å². The Balaban J connectivity index is 2.22. The predicted molar refractivity (Wildman–Crippen MR) is 80.6 cm³/mol. The topological polar surface area (TPSA) is 57.7 Å². The summed E-state index contributed by atoms with van der Waals surface area (Å²) in [5.74, 6) is 0.769. The minimum Gasteiger partial charge on any atom is -0.326 e. The zero-order chi connectivity index (χ0) is 14.1. The van der Waals surface area contributed by atoms with Crippen molar-refractivity contribution in [1.29, 1.82) is 0 Å². The van der Waals surface area contributed by atoms with Crippen LogP contribution in [0.25, 0.3) is 11.0 Å². The Morgan fingerprint density at radius 1 is 1.25 bits per heavy atom. The molecule has 0 radical (unpaired) electrons. The molecule has 6 heteroatoms. The van der Waals surface area contributed by atoms with Gasteiger partial charge in [-0.25, -0.2) is 0 Å². The van der Waals surface area contributed by atoms with E-state index in [1.54, 1.807) is 6.20 Å². The van der Waals surface area contributed by atoms with E-state index < -0.39 is 0 Å². The molecule has 0 aliphatic carbocycles. The minimum atomic E-state index is 0.212. The number of hydrogen-bond donors (Lipinski definition) is 1. The zero-order valence-corrected chi connectivity index (χ0v) is 12.0. The first-order valence-corrected chi connectivity index (χ1v) is 6.78. The molecule has 5 nitrogen and oxygen atoms in total. The number of fused-ring (bicyclic) bond motifs is 1. The van der Waals surface area contributed by atoms with Gasteiger partial charge in [0.15, 0.2) is 5.65 Å². The lowest BCUT2D eigenvalue weighted by Crippen LogP contribution is -2.19. The van der Waals surface area contributed by atoms with E-state index in [2.05, 4.69) is 51.0 Å². The van der Waals surface area contributed by atoms with Gasteiger partial charge in [0.05, 0.1) is 11.6 Å². The van der Waals surface area contributed by atoms with Gasteiger partial charge in [-0.05, 0) is 37.1 Å². The number of nitrogens with one attached hydrogen (secondary N) is 1. The Kier molecular flexibility index (Phi) is 3.28. The van der Waals surface area contributed by atoms with Crippen LogP contribution in [0.3, 0.4) is 0 Å². The number of nitrogens with zero attached hydrogens (tertiary/aromatic N) is 4. The molecule has 0 saturated heterocycles. The van der Waals surface area contributed by atoms with Crippen LogP contribution in [0.4, 0.5) is 11.5 Å². The molecule has 0 aliphatic heterocycles. The molecule has 1 N–H and O–H groups in total. The van der Waals surface area contributed by atoms with E-state index >= 15 is 0 Å². The molecular formula is C14H14ClN5. The van der Waals surface area contributed by atoms with Gasteiger partial charge in [0.25, 0.3) is 0 Å². The van der Waals surface area contributed by atoms with E-state index in [0.717, 1.165) is 23.4 Å². The molecular weight excluding hydrogens is 274 g/mol. The lowest BCUT2D eigenvalue weighted by Gasteiger charge is -2.24. The second kappa shape index (κ2) is 5.09. The second-order valence-corrected chi connectivity index (χ2v) is 4.82. The van der Waals surface area contributed by atoms with Crippen molar-refractivity contribution in [3.05, 3.63) is 41.3 Å². The number of aromatic amines is 1. The van der Waals surface area contributed by atoms with Crippen molar-refractivity contribution < 1.29 is 0 Å². The van der Waals surface area contributed by atoms with E-state index in [4.69, 9.17) is 11.6 Å². The van der Waals surface area contributed by atoms with Gasteiger partial charge in [0, 0.05) is 12.2 Å². The number of halogens is 1. The molecule has 0 aliphatic rings. The van der Waals surface area contributed by atoms with Gasteiger partial charge in [-0.1, -0.05) is 18.2 Å². The van der Waals surface area contributed by atoms with Gasteiger partial charge in [-0.15, -0.1) is 0 Å². The summed E-state index contributed by atoms with van der Waals surface area (Å²) < 4.78 is 0. The Morgan fingerprint density at radius 2 is 2.05 bits per heavy atom. The highest BCUT2D eigenvalue weighted by Crippen LogP contribution is 2.31. The fourth-order valence-corrected chi connectivity index (χ4v) is 2.46. The standard InChI is InChI=1S/C14H14ClN5/c1-3-20(11-7-5-4-6-9(11)2)13-10-8-16-19-12(10)17-14(15)18-13/h4-8H,3H2,1-2H3,(H,16,17,18,19). The smallest absolute Gasteiger partial charge is 0.226 e. The molecule has 0 amide bonds. The molecule has 0 atom stereocenters. The molecule has 2 heterocycles. The molecule has 0 saturated carbocycles. The highest BCUT2D eigenvalue weighted by molar-refractivity contribution is 6.28. The quantitative estimate of drug-likeness (QED) is 0.749. The van der Waals surface area contributed by atoms with Crippen LogP contribution in [0.5, 0.6) is 0 Å². The Hall–Kier alpha value is -2.14. The second-order valence-electron chi connectivity index (χ2n) is 4.48. The van der Waals surface area contributed by atoms with Crippen molar-refractivity contribution in [2.24, 2.45) is 0 Å². The monoisotopic (exact) mass is 287 g/mol. The summed E-state index contributed by atoms with van der Waals surface area (Å²) in [6.07, 6.45) is 1.72. The number of anilines is 2. The first-order chi connectivity index (χ1) is 9.70. The number of aryl methyl sites for hydroxylation is 1. The van der Waals surface area contributed by atoms with Gasteiger partial charge in [-0.2, -0.15) is 15.1 Å². The van der Waals surface area contributed by atoms with Gasteiger partial charge in [0.2, 0.25) is 5.28 Å². The maximum atomic E-state index is 6.01. The van der Waals surface area contributed by atoms with Gasteiger partial charge < -0.3 is 4.90 Å². The van der Waals surface area contributed by atoms with Crippen LogP contribution in [-0.2, 0) is 0 Å². The van der Waals surface area contributed by atoms with E-state index in [0.29, 0.717) is 5.65 Å². The average molecular weight is 288 g/mol. The molecule has 102 valence electrons. The molecule has 0 spiro atoms. The molecule has 3 rings (SSSR count). The van der Waals surface area contributed by atoms with Crippen LogP contribution in [0.15, 0.2) is 30.5 Å². The van der Waals surface area contributed by atoms with E-state index in [1.807, 2.05) is 12.1 Å². The Bertz CT molecular complexity index is 752. The van der Waals surface area contributed by atoms with Crippen molar-refractivity contribution in [2.75, 3.05) is 11.4 Å². The van der Waals surface area contributed by atoms with Crippen molar-refractivity contribution in [1.82, 2.24) is 20.2 Å². The van der Waals surface area contributed by atoms with Crippen LogP contribution in [0, 0.1) is 6.92 Å². The van der Waals surface area contributed by atoms with E-state index in [9.17, 15) is 0 Å². The van der Waals surface area contributed by atoms with Crippen LogP contribution in [-0.4, -0.2) is 26.7 Å². The molecule has 1 aromatic carbocycles. The molecule has 2 aromatic heterocycles. The zero-order valence-electron chi connectivity index (χ0n) is 11.3. The van der Waals surface area contributed by atoms with Gasteiger partial charge in [-0.3, -0.25) is 5.10 Å². The summed E-state index contributed by atoms with van der Waals surface area (Å²) in [5, 5.41) is 7.93. The molecule has 20 heavy (non-hydrogen) atoms. The van der Waals surface area contributed by atoms with E-state index in [-0.39, 0.29) is 5.28 Å². The van der Waals surface area contributed by atoms with Crippen LogP contribution >= 0.6 is 11.6 Å². The van der Waals surface area contributed by atoms with Crippen LogP contribution in [0.1, 0.15) is 12.5 Å². The number of rotatable bonds is 3. The molecule has 0 bridgehead atoms. The number of H-pyrrole nitrogens is 1. The third-order valence-electron chi connectivity index (χ3n) is 3.24.